The Hall–Kier alpha value is -7.57. The molecular formula is C55H48O16. The molecule has 3 aliphatic rings. The van der Waals surface area contributed by atoms with Gasteiger partial charge in [0.1, 0.15) is 31.0 Å². The molecule has 3 heterocycles. The van der Waals surface area contributed by atoms with Crippen molar-refractivity contribution >= 4 is 29.8 Å². The maximum atomic E-state index is 14.3. The Balaban J connectivity index is 1.14. The molecule has 0 bridgehead atoms. The number of rotatable bonds is 15. The Morgan fingerprint density at radius 1 is 0.437 bits per heavy atom. The molecule has 9 rings (SSSR count). The van der Waals surface area contributed by atoms with Crippen molar-refractivity contribution in [3.8, 4) is 0 Å². The first-order valence-corrected chi connectivity index (χ1v) is 22.8. The van der Waals surface area contributed by atoms with E-state index in [4.69, 9.17) is 52.1 Å². The number of hydrogen-bond acceptors (Lipinski definition) is 16. The summed E-state index contributed by atoms with van der Waals surface area (Å²) in [4.78, 5) is 70.2. The van der Waals surface area contributed by atoms with Gasteiger partial charge in [-0.3, -0.25) is 0 Å². The highest BCUT2D eigenvalue weighted by Crippen LogP contribution is 2.40. The number of methoxy groups -OCH3 is 1. The van der Waals surface area contributed by atoms with Gasteiger partial charge in [-0.15, -0.1) is 0 Å². The molecule has 3 saturated heterocycles. The monoisotopic (exact) mass is 964 g/mol. The smallest absolute Gasteiger partial charge is 0.338 e. The number of carbonyl (C=O) groups excluding carboxylic acids is 5. The van der Waals surface area contributed by atoms with Crippen molar-refractivity contribution in [2.75, 3.05) is 20.3 Å². The van der Waals surface area contributed by atoms with Crippen LogP contribution in [0, 0.1) is 0 Å². The molecule has 0 radical (unpaired) electrons. The summed E-state index contributed by atoms with van der Waals surface area (Å²) in [5.41, 5.74) is 1.44. The highest BCUT2D eigenvalue weighted by atomic mass is 16.8. The zero-order valence-corrected chi connectivity index (χ0v) is 38.1. The van der Waals surface area contributed by atoms with E-state index in [1.165, 1.54) is 43.5 Å². The van der Waals surface area contributed by atoms with Crippen molar-refractivity contribution in [3.05, 3.63) is 215 Å². The first kappa shape index (κ1) is 48.5. The van der Waals surface area contributed by atoms with Crippen LogP contribution in [0.15, 0.2) is 182 Å². The summed E-state index contributed by atoms with van der Waals surface area (Å²) in [5.74, 6) is -4.08. The minimum Gasteiger partial charge on any atom is -0.459 e. The lowest BCUT2D eigenvalue weighted by molar-refractivity contribution is -0.382. The Kier molecular flexibility index (Phi) is 15.6. The molecule has 0 aromatic heterocycles. The van der Waals surface area contributed by atoms with Gasteiger partial charge in [0.05, 0.1) is 34.4 Å². The second kappa shape index (κ2) is 22.9. The van der Waals surface area contributed by atoms with E-state index < -0.39 is 104 Å². The lowest BCUT2D eigenvalue weighted by Gasteiger charge is -2.50. The SMILES string of the molecule is CO[C@@H]1O[C@H](COC(=O)c2ccccc2)[C@H](O[C@H]2O[C@@H]3COC(c4ccccc4)O[C@@H]3[C@H](OC(=O)c3ccccc3)[C@H]2OC(=O)c2ccccc2)[C@H](OC(=O)c2ccccc2)[C@H]1OC(=O)c1ccccc1. The van der Waals surface area contributed by atoms with Gasteiger partial charge >= 0.3 is 29.8 Å². The number of fused-ring (bicyclic) bond motifs is 1. The molecule has 0 N–H and O–H groups in total. The fourth-order valence-electron chi connectivity index (χ4n) is 8.36. The molecule has 6 aromatic carbocycles. The molecule has 71 heavy (non-hydrogen) atoms. The molecule has 3 fully saturated rings. The maximum Gasteiger partial charge on any atom is 0.338 e. The molecule has 0 amide bonds. The van der Waals surface area contributed by atoms with Crippen LogP contribution < -0.4 is 0 Å². The third kappa shape index (κ3) is 11.6. The van der Waals surface area contributed by atoms with E-state index in [0.717, 1.165) is 0 Å². The predicted octanol–water partition coefficient (Wildman–Crippen LogP) is 7.34. The first-order valence-electron chi connectivity index (χ1n) is 22.8. The van der Waals surface area contributed by atoms with Crippen LogP contribution in [-0.2, 0) is 52.1 Å². The quantitative estimate of drug-likeness (QED) is 0.0734. The second-order valence-corrected chi connectivity index (χ2v) is 16.5. The summed E-state index contributed by atoms with van der Waals surface area (Å²) in [6.45, 7) is -0.695. The van der Waals surface area contributed by atoms with Crippen LogP contribution >= 0.6 is 0 Å². The molecule has 0 aliphatic carbocycles. The van der Waals surface area contributed by atoms with E-state index in [0.29, 0.717) is 5.56 Å². The summed E-state index contributed by atoms with van der Waals surface area (Å²) >= 11 is 0. The molecule has 1 unspecified atom stereocenters. The van der Waals surface area contributed by atoms with Crippen molar-refractivity contribution in [1.82, 2.24) is 0 Å². The van der Waals surface area contributed by atoms with Gasteiger partial charge in [-0.2, -0.15) is 0 Å². The molecule has 364 valence electrons. The fourth-order valence-corrected chi connectivity index (χ4v) is 8.36. The topological polar surface area (TPSA) is 187 Å². The van der Waals surface area contributed by atoms with E-state index in [1.54, 1.807) is 127 Å². The van der Waals surface area contributed by atoms with Gasteiger partial charge in [-0.25, -0.2) is 24.0 Å². The van der Waals surface area contributed by atoms with Gasteiger partial charge in [0.25, 0.3) is 0 Å². The van der Waals surface area contributed by atoms with Crippen molar-refractivity contribution in [1.29, 1.82) is 0 Å². The van der Waals surface area contributed by atoms with Crippen molar-refractivity contribution in [3.63, 3.8) is 0 Å². The Bertz CT molecular complexity index is 2710. The summed E-state index contributed by atoms with van der Waals surface area (Å²) in [5, 5.41) is 0. The molecule has 0 saturated carbocycles. The van der Waals surface area contributed by atoms with Crippen LogP contribution in [0.4, 0.5) is 0 Å². The van der Waals surface area contributed by atoms with Crippen LogP contribution in [0.3, 0.4) is 0 Å². The molecule has 16 nitrogen and oxygen atoms in total. The van der Waals surface area contributed by atoms with Crippen LogP contribution in [0.1, 0.15) is 63.6 Å². The minimum atomic E-state index is -1.73. The molecule has 0 spiro atoms. The Morgan fingerprint density at radius 2 is 0.831 bits per heavy atom. The lowest BCUT2D eigenvalue weighted by atomic mass is 9.95. The van der Waals surface area contributed by atoms with E-state index in [-0.39, 0.29) is 34.4 Å². The van der Waals surface area contributed by atoms with Gasteiger partial charge in [0.2, 0.25) is 0 Å². The summed E-state index contributed by atoms with van der Waals surface area (Å²) < 4.78 is 69.5. The maximum absolute atomic E-state index is 14.3. The van der Waals surface area contributed by atoms with E-state index >= 15 is 0 Å². The standard InChI is InChI=1S/C55H48O16/c1-61-54-46(68-51(59)37-26-14-5-15-27-37)44(66-49(57)35-22-10-3-11-23-35)43(40(64-54)32-62-48(56)34-20-8-2-9-21-34)71-55-47(69-52(60)38-28-16-6-17-29-38)45(67-50(58)36-24-12-4-13-25-36)42-41(65-55)33-63-53(70-42)39-30-18-7-19-31-39/h2-31,40-47,53-55H,32-33H2,1H3/t40-,41-,42+,43+,44+,45+,46-,47-,53?,54-,55-/m1/s1. The highest BCUT2D eigenvalue weighted by molar-refractivity contribution is 5.92. The molecular weight excluding hydrogens is 917 g/mol. The number of carbonyl (C=O) groups is 5. The van der Waals surface area contributed by atoms with Gasteiger partial charge in [-0.1, -0.05) is 121 Å². The summed E-state index contributed by atoms with van der Waals surface area (Å²) in [6, 6.07) is 49.6. The molecule has 6 aromatic rings. The number of benzene rings is 6. The Labute approximate surface area is 408 Å². The van der Waals surface area contributed by atoms with Gasteiger partial charge in [0, 0.05) is 12.7 Å². The largest absolute Gasteiger partial charge is 0.459 e. The third-order valence-corrected chi connectivity index (χ3v) is 11.9. The van der Waals surface area contributed by atoms with Crippen LogP contribution in [0.2, 0.25) is 0 Å². The third-order valence-electron chi connectivity index (χ3n) is 11.9. The van der Waals surface area contributed by atoms with E-state index in [2.05, 4.69) is 0 Å². The number of ether oxygens (including phenoxy) is 11. The molecule has 11 atom stereocenters. The van der Waals surface area contributed by atoms with E-state index in [9.17, 15) is 24.0 Å². The number of hydrogen-bond donors (Lipinski definition) is 0. The van der Waals surface area contributed by atoms with Crippen molar-refractivity contribution in [2.24, 2.45) is 0 Å². The lowest BCUT2D eigenvalue weighted by Crippen LogP contribution is -2.68. The summed E-state index contributed by atoms with van der Waals surface area (Å²) in [6.07, 6.45) is -15.7. The van der Waals surface area contributed by atoms with Crippen LogP contribution in [0.5, 0.6) is 0 Å². The zero-order chi connectivity index (χ0) is 49.1. The zero-order valence-electron chi connectivity index (χ0n) is 38.1. The van der Waals surface area contributed by atoms with Crippen LogP contribution in [-0.4, -0.2) is 112 Å². The van der Waals surface area contributed by atoms with Crippen LogP contribution in [0.25, 0.3) is 0 Å². The van der Waals surface area contributed by atoms with E-state index in [1.807, 2.05) is 18.2 Å². The highest BCUT2D eigenvalue weighted by Gasteiger charge is 2.58. The predicted molar refractivity (Wildman–Crippen MR) is 249 cm³/mol. The molecule has 3 aliphatic heterocycles. The fraction of sp³-hybridized carbons (Fsp3) is 0.255. The first-order chi connectivity index (χ1) is 34.7. The minimum absolute atomic E-state index is 0.121. The normalized spacial score (nSPS) is 25.8. The summed E-state index contributed by atoms with van der Waals surface area (Å²) in [7, 11) is 1.29. The molecule has 16 heteroatoms. The Morgan fingerprint density at radius 3 is 1.28 bits per heavy atom. The average molecular weight is 965 g/mol. The number of esters is 5. The van der Waals surface area contributed by atoms with Crippen molar-refractivity contribution < 1.29 is 76.1 Å². The van der Waals surface area contributed by atoms with Gasteiger partial charge in [-0.05, 0) is 60.7 Å². The second-order valence-electron chi connectivity index (χ2n) is 16.5. The van der Waals surface area contributed by atoms with Crippen molar-refractivity contribution in [2.45, 2.75) is 67.7 Å². The van der Waals surface area contributed by atoms with Gasteiger partial charge in [0.15, 0.2) is 43.3 Å². The van der Waals surface area contributed by atoms with Gasteiger partial charge < -0.3 is 52.1 Å². The average Bonchev–Trinajstić information content (AvgIpc) is 3.43.